The van der Waals surface area contributed by atoms with Gasteiger partial charge >= 0.3 is 5.97 Å². The van der Waals surface area contributed by atoms with Crippen molar-refractivity contribution in [2.24, 2.45) is 0 Å². The Hall–Kier alpha value is -2.28. The summed E-state index contributed by atoms with van der Waals surface area (Å²) in [5, 5.41) is 27.6. The number of carbonyl (C=O) groups is 1. The molecule has 0 spiro atoms. The Morgan fingerprint density at radius 3 is 2.72 bits per heavy atom. The van der Waals surface area contributed by atoms with Crippen molar-refractivity contribution in [3.05, 3.63) is 34.4 Å². The molecule has 0 saturated carbocycles. The lowest BCUT2D eigenvalue weighted by molar-refractivity contribution is -0.132. The lowest BCUT2D eigenvalue weighted by Gasteiger charge is -2.18. The Morgan fingerprint density at radius 2 is 2.06 bits per heavy atom. The number of aryl methyl sites for hydroxylation is 1. The molecule has 0 aromatic heterocycles. The van der Waals surface area contributed by atoms with E-state index >= 15 is 0 Å². The number of phenols is 1. The van der Waals surface area contributed by atoms with Crippen molar-refractivity contribution >= 4 is 12.0 Å². The first-order valence-corrected chi connectivity index (χ1v) is 5.82. The van der Waals surface area contributed by atoms with E-state index in [0.717, 1.165) is 36.8 Å². The Kier molecular flexibility index (Phi) is 3.33. The highest BCUT2D eigenvalue weighted by Crippen LogP contribution is 2.33. The van der Waals surface area contributed by atoms with Crippen molar-refractivity contribution in [2.45, 2.75) is 25.7 Å². The van der Waals surface area contributed by atoms with E-state index in [2.05, 4.69) is 0 Å². The Balaban J connectivity index is 2.48. The summed E-state index contributed by atoms with van der Waals surface area (Å²) < 4.78 is 0. The molecule has 0 heterocycles. The molecule has 0 bridgehead atoms. The van der Waals surface area contributed by atoms with Gasteiger partial charge in [-0.2, -0.15) is 5.26 Å². The quantitative estimate of drug-likeness (QED) is 0.616. The first kappa shape index (κ1) is 12.2. The molecule has 0 radical (unpaired) electrons. The Morgan fingerprint density at radius 1 is 1.33 bits per heavy atom. The standard InChI is InChI=1S/C14H13NO3/c15-8-11(14(17)18)7-10-6-5-9-3-1-2-4-12(9)13(10)16/h5-7,16H,1-4H2,(H,17,18)/b11-7-. The number of benzene rings is 1. The van der Waals surface area contributed by atoms with Gasteiger partial charge in [-0.05, 0) is 42.9 Å². The highest BCUT2D eigenvalue weighted by atomic mass is 16.4. The predicted molar refractivity (Wildman–Crippen MR) is 66.0 cm³/mol. The molecule has 4 heteroatoms. The fourth-order valence-electron chi connectivity index (χ4n) is 2.24. The third-order valence-corrected chi connectivity index (χ3v) is 3.18. The topological polar surface area (TPSA) is 81.3 Å². The second kappa shape index (κ2) is 4.92. The molecule has 4 nitrogen and oxygen atoms in total. The van der Waals surface area contributed by atoms with Crippen LogP contribution >= 0.6 is 0 Å². The van der Waals surface area contributed by atoms with Crippen LogP contribution in [0.25, 0.3) is 6.08 Å². The minimum atomic E-state index is -1.28. The first-order valence-electron chi connectivity index (χ1n) is 5.82. The molecule has 0 atom stereocenters. The Labute approximate surface area is 105 Å². The molecular formula is C14H13NO3. The molecule has 92 valence electrons. The lowest BCUT2D eigenvalue weighted by atomic mass is 9.89. The minimum Gasteiger partial charge on any atom is -0.507 e. The van der Waals surface area contributed by atoms with Gasteiger partial charge in [0.15, 0.2) is 0 Å². The van der Waals surface area contributed by atoms with Crippen molar-refractivity contribution in [2.75, 3.05) is 0 Å². The van der Waals surface area contributed by atoms with Gasteiger partial charge in [0, 0.05) is 5.56 Å². The van der Waals surface area contributed by atoms with Gasteiger partial charge in [-0.15, -0.1) is 0 Å². The predicted octanol–water partition coefficient (Wildman–Crippen LogP) is 2.26. The molecule has 1 aliphatic carbocycles. The zero-order valence-corrected chi connectivity index (χ0v) is 9.81. The van der Waals surface area contributed by atoms with Gasteiger partial charge in [0.2, 0.25) is 0 Å². The average molecular weight is 243 g/mol. The highest BCUT2D eigenvalue weighted by Gasteiger charge is 2.16. The summed E-state index contributed by atoms with van der Waals surface area (Å²) in [7, 11) is 0. The van der Waals surface area contributed by atoms with Gasteiger partial charge in [0.25, 0.3) is 0 Å². The van der Waals surface area contributed by atoms with E-state index in [0.29, 0.717) is 5.56 Å². The van der Waals surface area contributed by atoms with Gasteiger partial charge in [0.05, 0.1) is 0 Å². The second-order valence-electron chi connectivity index (χ2n) is 4.32. The molecule has 0 aliphatic heterocycles. The summed E-state index contributed by atoms with van der Waals surface area (Å²) in [4.78, 5) is 10.8. The van der Waals surface area contributed by atoms with E-state index < -0.39 is 5.97 Å². The normalized spacial score (nSPS) is 14.7. The van der Waals surface area contributed by atoms with E-state index in [9.17, 15) is 9.90 Å². The Bertz CT molecular complexity index is 567. The fourth-order valence-corrected chi connectivity index (χ4v) is 2.24. The van der Waals surface area contributed by atoms with Gasteiger partial charge in [-0.25, -0.2) is 4.79 Å². The number of hydrogen-bond donors (Lipinski definition) is 2. The molecule has 1 aliphatic rings. The zero-order valence-electron chi connectivity index (χ0n) is 9.81. The molecule has 0 unspecified atom stereocenters. The number of nitrogens with zero attached hydrogens (tertiary/aromatic N) is 1. The molecule has 0 fully saturated rings. The largest absolute Gasteiger partial charge is 0.507 e. The number of nitriles is 1. The number of rotatable bonds is 2. The molecule has 1 aromatic rings. The van der Waals surface area contributed by atoms with Crippen molar-refractivity contribution < 1.29 is 15.0 Å². The van der Waals surface area contributed by atoms with E-state index in [4.69, 9.17) is 10.4 Å². The third kappa shape index (κ3) is 2.21. The number of carboxylic acid groups (broad SMARTS) is 1. The van der Waals surface area contributed by atoms with E-state index in [1.165, 1.54) is 6.08 Å². The summed E-state index contributed by atoms with van der Waals surface area (Å²) in [6, 6.07) is 5.17. The second-order valence-corrected chi connectivity index (χ2v) is 4.32. The number of fused-ring (bicyclic) bond motifs is 1. The third-order valence-electron chi connectivity index (χ3n) is 3.18. The number of carboxylic acids is 1. The van der Waals surface area contributed by atoms with E-state index in [1.54, 1.807) is 12.1 Å². The van der Waals surface area contributed by atoms with Gasteiger partial charge < -0.3 is 10.2 Å². The minimum absolute atomic E-state index is 0.112. The van der Waals surface area contributed by atoms with Crippen molar-refractivity contribution in [3.63, 3.8) is 0 Å². The van der Waals surface area contributed by atoms with E-state index in [1.807, 2.05) is 6.07 Å². The van der Waals surface area contributed by atoms with Crippen LogP contribution in [-0.4, -0.2) is 16.2 Å². The smallest absolute Gasteiger partial charge is 0.346 e. The van der Waals surface area contributed by atoms with Crippen LogP contribution in [0.15, 0.2) is 17.7 Å². The average Bonchev–Trinajstić information content (AvgIpc) is 2.38. The van der Waals surface area contributed by atoms with Crippen molar-refractivity contribution in [3.8, 4) is 11.8 Å². The summed E-state index contributed by atoms with van der Waals surface area (Å²) >= 11 is 0. The van der Waals surface area contributed by atoms with Crippen LogP contribution in [0.3, 0.4) is 0 Å². The van der Waals surface area contributed by atoms with Gasteiger partial charge in [-0.3, -0.25) is 0 Å². The maximum atomic E-state index is 10.8. The molecule has 0 saturated heterocycles. The van der Waals surface area contributed by atoms with Gasteiger partial charge in [0.1, 0.15) is 17.4 Å². The fraction of sp³-hybridized carbons (Fsp3) is 0.286. The lowest BCUT2D eigenvalue weighted by Crippen LogP contribution is -2.04. The molecule has 0 amide bonds. The summed E-state index contributed by atoms with van der Waals surface area (Å²) in [6.07, 6.45) is 5.10. The molecule has 2 N–H and O–H groups in total. The zero-order chi connectivity index (χ0) is 13.1. The molecule has 1 aromatic carbocycles. The maximum absolute atomic E-state index is 10.8. The molecule has 2 rings (SSSR count). The van der Waals surface area contributed by atoms with E-state index in [-0.39, 0.29) is 11.3 Å². The number of phenolic OH excluding ortho intramolecular Hbond substituents is 1. The van der Waals surface area contributed by atoms with Crippen LogP contribution in [0.4, 0.5) is 0 Å². The molecular weight excluding hydrogens is 230 g/mol. The van der Waals surface area contributed by atoms with Gasteiger partial charge in [-0.1, -0.05) is 12.1 Å². The maximum Gasteiger partial charge on any atom is 0.346 e. The first-order chi connectivity index (χ1) is 8.63. The number of aliphatic carboxylic acids is 1. The van der Waals surface area contributed by atoms with Crippen LogP contribution in [0.5, 0.6) is 5.75 Å². The number of hydrogen-bond acceptors (Lipinski definition) is 3. The summed E-state index contributed by atoms with van der Waals surface area (Å²) in [5.41, 5.74) is 2.03. The highest BCUT2D eigenvalue weighted by molar-refractivity contribution is 5.96. The summed E-state index contributed by atoms with van der Waals surface area (Å²) in [6.45, 7) is 0. The van der Waals surface area contributed by atoms with Crippen LogP contribution in [-0.2, 0) is 17.6 Å². The monoisotopic (exact) mass is 243 g/mol. The summed E-state index contributed by atoms with van der Waals surface area (Å²) in [5.74, 6) is -1.17. The van der Waals surface area contributed by atoms with Crippen molar-refractivity contribution in [1.29, 1.82) is 5.26 Å². The van der Waals surface area contributed by atoms with Crippen LogP contribution in [0.1, 0.15) is 29.5 Å². The number of aromatic hydroxyl groups is 1. The van der Waals surface area contributed by atoms with Crippen molar-refractivity contribution in [1.82, 2.24) is 0 Å². The molecule has 18 heavy (non-hydrogen) atoms. The van der Waals surface area contributed by atoms with Crippen LogP contribution in [0.2, 0.25) is 0 Å². The van der Waals surface area contributed by atoms with Crippen LogP contribution in [0, 0.1) is 11.3 Å². The SMILES string of the molecule is N#C/C(=C/c1ccc2c(c1O)CCCC2)C(=O)O. The van der Waals surface area contributed by atoms with Crippen LogP contribution < -0.4 is 0 Å².